The van der Waals surface area contributed by atoms with Gasteiger partial charge < -0.3 is 15.7 Å². The molecule has 2 amide bonds. The maximum Gasteiger partial charge on any atom is 0.319 e. The van der Waals surface area contributed by atoms with Crippen LogP contribution in [0.4, 0.5) is 10.5 Å². The van der Waals surface area contributed by atoms with Crippen molar-refractivity contribution < 1.29 is 9.90 Å². The van der Waals surface area contributed by atoms with Gasteiger partial charge in [0.2, 0.25) is 0 Å². The van der Waals surface area contributed by atoms with Gasteiger partial charge in [0.05, 0.1) is 6.10 Å². The van der Waals surface area contributed by atoms with Gasteiger partial charge >= 0.3 is 6.03 Å². The van der Waals surface area contributed by atoms with E-state index in [2.05, 4.69) is 23.0 Å². The molecule has 0 aromatic heterocycles. The molecule has 0 bridgehead atoms. The van der Waals surface area contributed by atoms with Crippen molar-refractivity contribution in [1.29, 1.82) is 0 Å². The fraction of sp³-hybridized carbons (Fsp3) is 0.562. The molecule has 0 aliphatic rings. The minimum atomic E-state index is -0.338. The molecule has 0 aliphatic carbocycles. The zero-order valence-corrected chi connectivity index (χ0v) is 14.1. The maximum atomic E-state index is 11.9. The normalized spacial score (nSPS) is 13.6. The van der Waals surface area contributed by atoms with Crippen LogP contribution in [0.5, 0.6) is 0 Å². The van der Waals surface area contributed by atoms with Crippen LogP contribution in [0.2, 0.25) is 0 Å². The summed E-state index contributed by atoms with van der Waals surface area (Å²) in [5.41, 5.74) is 3.20. The highest BCUT2D eigenvalue weighted by Gasteiger charge is 2.10. The Morgan fingerprint density at radius 3 is 2.71 bits per heavy atom. The average molecular weight is 310 g/mol. The summed E-state index contributed by atoms with van der Waals surface area (Å²) in [5.74, 6) is 1.19. The molecule has 0 radical (unpaired) electrons. The number of aliphatic hydroxyl groups is 1. The molecule has 2 atom stereocenters. The molecule has 3 N–H and O–H groups in total. The second kappa shape index (κ2) is 8.95. The van der Waals surface area contributed by atoms with Gasteiger partial charge in [-0.15, -0.1) is 0 Å². The lowest BCUT2D eigenvalue weighted by atomic mass is 10.1. The monoisotopic (exact) mass is 310 g/mol. The van der Waals surface area contributed by atoms with E-state index in [1.54, 1.807) is 18.7 Å². The molecule has 0 spiro atoms. The number of hydrogen-bond donors (Lipinski definition) is 3. The predicted molar refractivity (Wildman–Crippen MR) is 90.9 cm³/mol. The van der Waals surface area contributed by atoms with Crippen molar-refractivity contribution >= 4 is 23.5 Å². The first kappa shape index (κ1) is 17.9. The second-order valence-electron chi connectivity index (χ2n) is 5.55. The molecule has 21 heavy (non-hydrogen) atoms. The fourth-order valence-corrected chi connectivity index (χ4v) is 2.85. The second-order valence-corrected chi connectivity index (χ2v) is 6.41. The zero-order valence-electron chi connectivity index (χ0n) is 13.3. The average Bonchev–Trinajstić information content (AvgIpc) is 2.40. The molecule has 118 valence electrons. The van der Waals surface area contributed by atoms with Gasteiger partial charge in [0.1, 0.15) is 0 Å². The molecule has 0 aliphatic heterocycles. The number of urea groups is 1. The lowest BCUT2D eigenvalue weighted by molar-refractivity contribution is 0.163. The van der Waals surface area contributed by atoms with Crippen molar-refractivity contribution in [2.75, 3.05) is 18.1 Å². The summed E-state index contributed by atoms with van der Waals surface area (Å²) in [4.78, 5) is 11.9. The Morgan fingerprint density at radius 2 is 2.10 bits per heavy atom. The molecule has 1 rings (SSSR count). The summed E-state index contributed by atoms with van der Waals surface area (Å²) >= 11 is 1.76. The molecule has 1 aromatic carbocycles. The molecule has 0 unspecified atom stereocenters. The maximum absolute atomic E-state index is 11.9. The van der Waals surface area contributed by atoms with Gasteiger partial charge in [-0.3, -0.25) is 0 Å². The first-order valence-corrected chi connectivity index (χ1v) is 8.63. The van der Waals surface area contributed by atoms with Gasteiger partial charge in [0, 0.05) is 18.0 Å². The topological polar surface area (TPSA) is 61.4 Å². The summed E-state index contributed by atoms with van der Waals surface area (Å²) in [6.07, 6.45) is 2.41. The molecule has 5 heteroatoms. The van der Waals surface area contributed by atoms with Crippen LogP contribution < -0.4 is 10.6 Å². The van der Waals surface area contributed by atoms with E-state index >= 15 is 0 Å². The summed E-state index contributed by atoms with van der Waals surface area (Å²) < 4.78 is 0. The van der Waals surface area contributed by atoms with Crippen LogP contribution in [0.25, 0.3) is 0 Å². The number of nitrogens with one attached hydrogen (secondary N) is 2. The van der Waals surface area contributed by atoms with E-state index in [0.29, 0.717) is 13.0 Å². The third-order valence-electron chi connectivity index (χ3n) is 3.35. The number of amides is 2. The number of benzene rings is 1. The van der Waals surface area contributed by atoms with Crippen molar-refractivity contribution in [2.45, 2.75) is 39.0 Å². The third-order valence-corrected chi connectivity index (χ3v) is 3.95. The molecular weight excluding hydrogens is 284 g/mol. The molecule has 0 saturated heterocycles. The summed E-state index contributed by atoms with van der Waals surface area (Å²) in [5, 5.41) is 15.1. The minimum absolute atomic E-state index is 0.197. The lowest BCUT2D eigenvalue weighted by Crippen LogP contribution is -2.33. The summed E-state index contributed by atoms with van der Waals surface area (Å²) in [6, 6.07) is 5.76. The van der Waals surface area contributed by atoms with Crippen molar-refractivity contribution in [3.63, 3.8) is 0 Å². The van der Waals surface area contributed by atoms with Gasteiger partial charge in [-0.05, 0) is 49.6 Å². The van der Waals surface area contributed by atoms with Crippen molar-refractivity contribution in [2.24, 2.45) is 5.92 Å². The zero-order chi connectivity index (χ0) is 15.8. The van der Waals surface area contributed by atoms with Crippen LogP contribution in [0.3, 0.4) is 0 Å². The summed E-state index contributed by atoms with van der Waals surface area (Å²) in [7, 11) is 0. The minimum Gasteiger partial charge on any atom is -0.393 e. The van der Waals surface area contributed by atoms with E-state index in [1.165, 1.54) is 5.56 Å². The van der Waals surface area contributed by atoms with Crippen LogP contribution in [0, 0.1) is 12.8 Å². The Labute approximate surface area is 131 Å². The lowest BCUT2D eigenvalue weighted by Gasteiger charge is -2.16. The Balaban J connectivity index is 2.53. The number of carbonyl (C=O) groups is 1. The Morgan fingerprint density at radius 1 is 1.38 bits per heavy atom. The van der Waals surface area contributed by atoms with Crippen LogP contribution in [-0.2, 0) is 5.75 Å². The largest absolute Gasteiger partial charge is 0.393 e. The molecule has 1 aromatic rings. The number of rotatable bonds is 7. The predicted octanol–water partition coefficient (Wildman–Crippen LogP) is 3.39. The number of thioether (sulfide) groups is 1. The van der Waals surface area contributed by atoms with Gasteiger partial charge in [-0.1, -0.05) is 19.1 Å². The highest BCUT2D eigenvalue weighted by atomic mass is 32.2. The van der Waals surface area contributed by atoms with Gasteiger partial charge in [0.15, 0.2) is 0 Å². The third kappa shape index (κ3) is 6.40. The van der Waals surface area contributed by atoms with Crippen molar-refractivity contribution in [3.05, 3.63) is 29.3 Å². The molecule has 0 heterocycles. The smallest absolute Gasteiger partial charge is 0.319 e. The molecule has 0 fully saturated rings. The van der Waals surface area contributed by atoms with Crippen LogP contribution in [-0.4, -0.2) is 30.0 Å². The van der Waals surface area contributed by atoms with Crippen molar-refractivity contribution in [1.82, 2.24) is 5.32 Å². The number of anilines is 1. The first-order valence-electron chi connectivity index (χ1n) is 7.24. The Kier molecular flexibility index (Phi) is 7.61. The number of carbonyl (C=O) groups excluding carboxylic acids is 1. The van der Waals surface area contributed by atoms with Gasteiger partial charge in [-0.25, -0.2) is 4.79 Å². The van der Waals surface area contributed by atoms with E-state index in [0.717, 1.165) is 17.0 Å². The fourth-order valence-electron chi connectivity index (χ4n) is 2.23. The number of hydrogen-bond acceptors (Lipinski definition) is 3. The Hall–Kier alpha value is -1.20. The van der Waals surface area contributed by atoms with E-state index in [1.807, 2.05) is 26.0 Å². The SMILES string of the molecule is CSCc1cccc(NC(=O)NC[C@H](C)C[C@H](C)O)c1C. The highest BCUT2D eigenvalue weighted by Crippen LogP contribution is 2.21. The summed E-state index contributed by atoms with van der Waals surface area (Å²) in [6.45, 7) is 6.35. The first-order chi connectivity index (χ1) is 9.93. The standard InChI is InChI=1S/C16H26N2O2S/c1-11(8-12(2)19)9-17-16(20)18-15-7-5-6-14(10-21-4)13(15)3/h5-7,11-12,19H,8-10H2,1-4H3,(H2,17,18,20)/t11-,12+/m1/s1. The van der Waals surface area contributed by atoms with E-state index in [9.17, 15) is 9.90 Å². The van der Waals surface area contributed by atoms with Crippen LogP contribution in [0.1, 0.15) is 31.4 Å². The molecule has 4 nitrogen and oxygen atoms in total. The van der Waals surface area contributed by atoms with Crippen molar-refractivity contribution in [3.8, 4) is 0 Å². The van der Waals surface area contributed by atoms with E-state index in [-0.39, 0.29) is 18.1 Å². The Bertz CT molecular complexity index is 464. The van der Waals surface area contributed by atoms with Gasteiger partial charge in [0.25, 0.3) is 0 Å². The molecule has 0 saturated carbocycles. The van der Waals surface area contributed by atoms with Gasteiger partial charge in [-0.2, -0.15) is 11.8 Å². The van der Waals surface area contributed by atoms with E-state index < -0.39 is 0 Å². The number of aliphatic hydroxyl groups excluding tert-OH is 1. The quantitative estimate of drug-likeness (QED) is 0.723. The van der Waals surface area contributed by atoms with Crippen LogP contribution >= 0.6 is 11.8 Å². The highest BCUT2D eigenvalue weighted by molar-refractivity contribution is 7.97. The van der Waals surface area contributed by atoms with E-state index in [4.69, 9.17) is 0 Å². The van der Waals surface area contributed by atoms with Crippen LogP contribution in [0.15, 0.2) is 18.2 Å². The molecular formula is C16H26N2O2S.